The highest BCUT2D eigenvalue weighted by atomic mass is 16.7. The van der Waals surface area contributed by atoms with Crippen molar-refractivity contribution in [1.29, 1.82) is 0 Å². The maximum absolute atomic E-state index is 11.5. The van der Waals surface area contributed by atoms with Crippen molar-refractivity contribution in [1.82, 2.24) is 0 Å². The molecule has 1 saturated heterocycles. The third-order valence-electron chi connectivity index (χ3n) is 6.59. The van der Waals surface area contributed by atoms with Gasteiger partial charge in [-0.2, -0.15) is 0 Å². The maximum atomic E-state index is 11.5. The average molecular weight is 545 g/mol. The third kappa shape index (κ3) is 5.27. The molecule has 0 radical (unpaired) electrons. The van der Waals surface area contributed by atoms with Crippen LogP contribution in [0.5, 0.6) is 34.5 Å². The lowest BCUT2D eigenvalue weighted by Crippen LogP contribution is -2.60. The van der Waals surface area contributed by atoms with Crippen LogP contribution in [0.1, 0.15) is 0 Å². The van der Waals surface area contributed by atoms with Crippen molar-refractivity contribution in [3.05, 3.63) is 48.5 Å². The summed E-state index contributed by atoms with van der Waals surface area (Å²) in [6.07, 6.45) is -7.68. The van der Waals surface area contributed by atoms with Gasteiger partial charge in [-0.1, -0.05) is 24.3 Å². The molecule has 210 valence electrons. The highest BCUT2D eigenvalue weighted by molar-refractivity contribution is 5.93. The molecule has 1 aliphatic heterocycles. The van der Waals surface area contributed by atoms with Crippen molar-refractivity contribution in [2.45, 2.75) is 30.7 Å². The van der Waals surface area contributed by atoms with E-state index in [9.17, 15) is 25.5 Å². The lowest BCUT2D eigenvalue weighted by atomic mass is 9.94. The molecule has 1 aliphatic rings. The Bertz CT molecular complexity index is 1260. The Balaban J connectivity index is 1.97. The first-order valence-corrected chi connectivity index (χ1v) is 12.1. The van der Waals surface area contributed by atoms with E-state index in [-0.39, 0.29) is 34.1 Å². The van der Waals surface area contributed by atoms with Gasteiger partial charge in [0.15, 0.2) is 23.0 Å². The molecule has 0 aromatic heterocycles. The van der Waals surface area contributed by atoms with Crippen LogP contribution < -0.4 is 23.7 Å². The third-order valence-corrected chi connectivity index (χ3v) is 6.59. The smallest absolute Gasteiger partial charge is 0.229 e. The molecule has 11 nitrogen and oxygen atoms in total. The SMILES string of the molecule is COc1ccc(-c2c(O)c(OC)c(-c3ccc(OC)cc3)c(O[C@@H]3O[C@H](CO)[C@@H](O)C(O)[C@H]3O)c2OC)cc1. The van der Waals surface area contributed by atoms with Crippen molar-refractivity contribution in [2.75, 3.05) is 35.0 Å². The standard InChI is InChI=1S/C28H32O11/c1-34-16-9-5-14(6-10-16)19-22(31)25(36-3)20(15-7-11-17(35-2)12-8-15)27(26(19)37-4)39-28-24(33)23(32)21(30)18(13-29)38-28/h5-12,18,21,23-24,28-33H,13H2,1-4H3/t18-,21-,23?,24-,28+/m1/s1. The summed E-state index contributed by atoms with van der Waals surface area (Å²) in [6, 6.07) is 13.7. The second-order valence-electron chi connectivity index (χ2n) is 8.77. The second-order valence-corrected chi connectivity index (χ2v) is 8.77. The number of rotatable bonds is 9. The van der Waals surface area contributed by atoms with E-state index in [1.54, 1.807) is 48.5 Å². The zero-order valence-corrected chi connectivity index (χ0v) is 21.9. The molecule has 3 aromatic carbocycles. The van der Waals surface area contributed by atoms with Gasteiger partial charge in [-0.05, 0) is 35.4 Å². The zero-order chi connectivity index (χ0) is 28.3. The number of ether oxygens (including phenoxy) is 6. The summed E-state index contributed by atoms with van der Waals surface area (Å²) in [4.78, 5) is 0. The molecule has 11 heteroatoms. The minimum Gasteiger partial charge on any atom is -0.504 e. The molecule has 0 amide bonds. The molecule has 5 N–H and O–H groups in total. The molecule has 0 saturated carbocycles. The number of aliphatic hydroxyl groups is 4. The van der Waals surface area contributed by atoms with Gasteiger partial charge in [0.05, 0.1) is 46.2 Å². The molecular formula is C28H32O11. The summed E-state index contributed by atoms with van der Waals surface area (Å²) < 4.78 is 33.7. The normalized spacial score (nSPS) is 22.7. The van der Waals surface area contributed by atoms with E-state index < -0.39 is 37.3 Å². The minimum atomic E-state index is -1.69. The molecule has 5 atom stereocenters. The van der Waals surface area contributed by atoms with Gasteiger partial charge >= 0.3 is 0 Å². The van der Waals surface area contributed by atoms with Crippen molar-refractivity contribution < 1.29 is 54.0 Å². The van der Waals surface area contributed by atoms with E-state index in [2.05, 4.69) is 0 Å². The number of methoxy groups -OCH3 is 4. The van der Waals surface area contributed by atoms with E-state index in [1.807, 2.05) is 0 Å². The second kappa shape index (κ2) is 12.0. The number of hydrogen-bond donors (Lipinski definition) is 5. The van der Waals surface area contributed by atoms with E-state index in [4.69, 9.17) is 28.4 Å². The van der Waals surface area contributed by atoms with Gasteiger partial charge in [-0.3, -0.25) is 0 Å². The lowest BCUT2D eigenvalue weighted by Gasteiger charge is -2.40. The Morgan fingerprint density at radius 3 is 1.62 bits per heavy atom. The predicted octanol–water partition coefficient (Wildman–Crippen LogP) is 1.94. The zero-order valence-electron chi connectivity index (χ0n) is 21.9. The Kier molecular flexibility index (Phi) is 8.68. The van der Waals surface area contributed by atoms with Crippen LogP contribution in [0.2, 0.25) is 0 Å². The highest BCUT2D eigenvalue weighted by Crippen LogP contribution is 2.57. The first kappa shape index (κ1) is 28.3. The van der Waals surface area contributed by atoms with Crippen LogP contribution in [0.4, 0.5) is 0 Å². The Morgan fingerprint density at radius 2 is 1.15 bits per heavy atom. The molecule has 1 heterocycles. The lowest BCUT2D eigenvalue weighted by molar-refractivity contribution is -0.277. The first-order chi connectivity index (χ1) is 18.8. The van der Waals surface area contributed by atoms with Crippen molar-refractivity contribution in [3.63, 3.8) is 0 Å². The van der Waals surface area contributed by atoms with Gasteiger partial charge in [0.25, 0.3) is 0 Å². The fourth-order valence-electron chi connectivity index (χ4n) is 4.50. The highest BCUT2D eigenvalue weighted by Gasteiger charge is 2.45. The molecule has 1 unspecified atom stereocenters. The molecule has 39 heavy (non-hydrogen) atoms. The van der Waals surface area contributed by atoms with Gasteiger partial charge in [0, 0.05) is 0 Å². The number of phenols is 1. The Hall–Kier alpha value is -3.74. The molecule has 0 spiro atoms. The Labute approximate surface area is 225 Å². The summed E-state index contributed by atoms with van der Waals surface area (Å²) in [5.74, 6) is 1.04. The number of aromatic hydroxyl groups is 1. The van der Waals surface area contributed by atoms with Crippen LogP contribution in [0, 0.1) is 0 Å². The maximum Gasteiger partial charge on any atom is 0.229 e. The Morgan fingerprint density at radius 1 is 0.641 bits per heavy atom. The number of phenolic OH excluding ortho intramolecular Hbond substituents is 1. The summed E-state index contributed by atoms with van der Waals surface area (Å²) in [6.45, 7) is -0.636. The van der Waals surface area contributed by atoms with E-state index in [0.717, 1.165) is 0 Å². The molecule has 1 fully saturated rings. The van der Waals surface area contributed by atoms with Gasteiger partial charge in [-0.15, -0.1) is 0 Å². The van der Waals surface area contributed by atoms with Gasteiger partial charge in [0.2, 0.25) is 6.29 Å². The van der Waals surface area contributed by atoms with Gasteiger partial charge < -0.3 is 54.0 Å². The first-order valence-electron chi connectivity index (χ1n) is 12.1. The number of benzene rings is 3. The van der Waals surface area contributed by atoms with Crippen molar-refractivity contribution in [2.24, 2.45) is 0 Å². The van der Waals surface area contributed by atoms with Crippen LogP contribution in [0.25, 0.3) is 22.3 Å². The van der Waals surface area contributed by atoms with Crippen LogP contribution in [-0.4, -0.2) is 91.3 Å². The van der Waals surface area contributed by atoms with Crippen molar-refractivity contribution in [3.8, 4) is 56.8 Å². The fourth-order valence-corrected chi connectivity index (χ4v) is 4.50. The van der Waals surface area contributed by atoms with Crippen LogP contribution in [-0.2, 0) is 4.74 Å². The molecular weight excluding hydrogens is 512 g/mol. The number of aliphatic hydroxyl groups excluding tert-OH is 4. The quantitative estimate of drug-likeness (QED) is 0.268. The minimum absolute atomic E-state index is 0.00691. The topological polar surface area (TPSA) is 157 Å². The van der Waals surface area contributed by atoms with Crippen molar-refractivity contribution >= 4 is 0 Å². The summed E-state index contributed by atoms with van der Waals surface area (Å²) in [5.41, 5.74) is 1.53. The summed E-state index contributed by atoms with van der Waals surface area (Å²) in [5, 5.41) is 52.4. The largest absolute Gasteiger partial charge is 0.504 e. The van der Waals surface area contributed by atoms with Crippen LogP contribution >= 0.6 is 0 Å². The monoisotopic (exact) mass is 544 g/mol. The summed E-state index contributed by atoms with van der Waals surface area (Å²) in [7, 11) is 5.82. The van der Waals surface area contributed by atoms with Crippen LogP contribution in [0.3, 0.4) is 0 Å². The predicted molar refractivity (Wildman–Crippen MR) is 140 cm³/mol. The number of hydrogen-bond acceptors (Lipinski definition) is 11. The molecule has 0 bridgehead atoms. The van der Waals surface area contributed by atoms with Crippen LogP contribution in [0.15, 0.2) is 48.5 Å². The fraction of sp³-hybridized carbons (Fsp3) is 0.357. The molecule has 3 aromatic rings. The average Bonchev–Trinajstić information content (AvgIpc) is 2.97. The van der Waals surface area contributed by atoms with Gasteiger partial charge in [0.1, 0.15) is 35.9 Å². The molecule has 0 aliphatic carbocycles. The van der Waals surface area contributed by atoms with E-state index >= 15 is 0 Å². The van der Waals surface area contributed by atoms with E-state index in [1.165, 1.54) is 28.4 Å². The van der Waals surface area contributed by atoms with Gasteiger partial charge in [-0.25, -0.2) is 0 Å². The van der Waals surface area contributed by atoms with E-state index in [0.29, 0.717) is 22.6 Å². The molecule has 4 rings (SSSR count). The summed E-state index contributed by atoms with van der Waals surface area (Å²) >= 11 is 0.